The van der Waals surface area contributed by atoms with Crippen LogP contribution in [0.3, 0.4) is 0 Å². The zero-order valence-electron chi connectivity index (χ0n) is 10.7. The molecule has 96 valence electrons. The predicted molar refractivity (Wildman–Crippen MR) is 73.8 cm³/mol. The van der Waals surface area contributed by atoms with Crippen molar-refractivity contribution in [3.05, 3.63) is 17.7 Å². The lowest BCUT2D eigenvalue weighted by Gasteiger charge is -2.32. The second kappa shape index (κ2) is 4.19. The summed E-state index contributed by atoms with van der Waals surface area (Å²) >= 11 is 0. The molecule has 18 heavy (non-hydrogen) atoms. The Morgan fingerprint density at radius 3 is 2.89 bits per heavy atom. The molecule has 2 aliphatic rings. The van der Waals surface area contributed by atoms with Crippen LogP contribution in [0.4, 0.5) is 17.1 Å². The molecule has 1 aromatic carbocycles. The molecule has 3 N–H and O–H groups in total. The van der Waals surface area contributed by atoms with E-state index < -0.39 is 0 Å². The quantitative estimate of drug-likeness (QED) is 0.801. The number of amides is 1. The largest absolute Gasteiger partial charge is 0.397 e. The molecule has 0 radical (unpaired) electrons. The van der Waals surface area contributed by atoms with Crippen LogP contribution >= 0.6 is 0 Å². The second-order valence-electron chi connectivity index (χ2n) is 5.47. The first-order valence-corrected chi connectivity index (χ1v) is 6.57. The molecule has 1 saturated carbocycles. The minimum absolute atomic E-state index is 0.0585. The van der Waals surface area contributed by atoms with Crippen LogP contribution in [0.1, 0.15) is 24.8 Å². The number of rotatable bonds is 3. The molecule has 0 aromatic heterocycles. The maximum atomic E-state index is 11.4. The van der Waals surface area contributed by atoms with Crippen molar-refractivity contribution in [2.45, 2.75) is 25.7 Å². The van der Waals surface area contributed by atoms with E-state index in [0.29, 0.717) is 6.42 Å². The first-order chi connectivity index (χ1) is 8.63. The van der Waals surface area contributed by atoms with Crippen molar-refractivity contribution in [3.63, 3.8) is 0 Å². The number of carbonyl (C=O) groups is 1. The van der Waals surface area contributed by atoms with Crippen molar-refractivity contribution < 1.29 is 4.79 Å². The Bertz CT molecular complexity index is 494. The van der Waals surface area contributed by atoms with E-state index in [1.807, 2.05) is 12.1 Å². The predicted octanol–water partition coefficient (Wildman–Crippen LogP) is 2.00. The summed E-state index contributed by atoms with van der Waals surface area (Å²) in [6, 6.07) is 3.94. The third-order valence-electron chi connectivity index (χ3n) is 4.05. The van der Waals surface area contributed by atoms with Gasteiger partial charge >= 0.3 is 0 Å². The lowest BCUT2D eigenvalue weighted by molar-refractivity contribution is -0.115. The van der Waals surface area contributed by atoms with Crippen molar-refractivity contribution in [3.8, 4) is 0 Å². The summed E-state index contributed by atoms with van der Waals surface area (Å²) < 4.78 is 0. The SMILES string of the molecule is CN(CC1CCC1)c1cc2c(cc1N)CC(=O)N2. The molecule has 0 atom stereocenters. The highest BCUT2D eigenvalue weighted by atomic mass is 16.1. The minimum Gasteiger partial charge on any atom is -0.397 e. The van der Waals surface area contributed by atoms with E-state index in [-0.39, 0.29) is 5.91 Å². The second-order valence-corrected chi connectivity index (χ2v) is 5.47. The van der Waals surface area contributed by atoms with Crippen LogP contribution in [0.15, 0.2) is 12.1 Å². The number of nitrogens with zero attached hydrogens (tertiary/aromatic N) is 1. The first-order valence-electron chi connectivity index (χ1n) is 6.57. The Morgan fingerprint density at radius 2 is 2.22 bits per heavy atom. The number of anilines is 3. The Balaban J connectivity index is 1.83. The normalized spacial score (nSPS) is 18.2. The van der Waals surface area contributed by atoms with Gasteiger partial charge in [0.05, 0.1) is 17.8 Å². The van der Waals surface area contributed by atoms with Gasteiger partial charge in [0, 0.05) is 19.3 Å². The number of nitrogen functional groups attached to an aromatic ring is 1. The van der Waals surface area contributed by atoms with E-state index in [2.05, 4.69) is 17.3 Å². The van der Waals surface area contributed by atoms with Gasteiger partial charge in [-0.15, -0.1) is 0 Å². The molecule has 1 amide bonds. The van der Waals surface area contributed by atoms with E-state index in [9.17, 15) is 4.79 Å². The van der Waals surface area contributed by atoms with Crippen molar-refractivity contribution in [2.75, 3.05) is 29.5 Å². The number of hydrogen-bond acceptors (Lipinski definition) is 3. The molecule has 0 unspecified atom stereocenters. The van der Waals surface area contributed by atoms with Gasteiger partial charge in [0.15, 0.2) is 0 Å². The number of benzene rings is 1. The van der Waals surface area contributed by atoms with E-state index in [4.69, 9.17) is 5.73 Å². The maximum absolute atomic E-state index is 11.4. The highest BCUT2D eigenvalue weighted by Gasteiger charge is 2.23. The van der Waals surface area contributed by atoms with E-state index in [0.717, 1.165) is 35.1 Å². The van der Waals surface area contributed by atoms with E-state index in [1.165, 1.54) is 19.3 Å². The van der Waals surface area contributed by atoms with Crippen molar-refractivity contribution in [2.24, 2.45) is 5.92 Å². The average Bonchev–Trinajstić information content (AvgIpc) is 2.61. The molecule has 0 bridgehead atoms. The van der Waals surface area contributed by atoms with Crippen molar-refractivity contribution in [1.29, 1.82) is 0 Å². The fourth-order valence-corrected chi connectivity index (χ4v) is 2.77. The molecular formula is C14H19N3O. The van der Waals surface area contributed by atoms with Crippen LogP contribution in [-0.4, -0.2) is 19.5 Å². The lowest BCUT2D eigenvalue weighted by Crippen LogP contribution is -2.29. The van der Waals surface area contributed by atoms with Gasteiger partial charge in [0.2, 0.25) is 5.91 Å². The summed E-state index contributed by atoms with van der Waals surface area (Å²) in [6.07, 6.45) is 4.46. The molecule has 1 heterocycles. The molecule has 3 rings (SSSR count). The van der Waals surface area contributed by atoms with E-state index in [1.54, 1.807) is 0 Å². The van der Waals surface area contributed by atoms with Gasteiger partial charge in [-0.3, -0.25) is 4.79 Å². The summed E-state index contributed by atoms with van der Waals surface area (Å²) in [5.74, 6) is 0.862. The molecule has 0 saturated heterocycles. The molecular weight excluding hydrogens is 226 g/mol. The van der Waals surface area contributed by atoms with Crippen LogP contribution in [0, 0.1) is 5.92 Å². The highest BCUT2D eigenvalue weighted by Crippen LogP contribution is 2.35. The molecule has 1 aromatic rings. The van der Waals surface area contributed by atoms with Crippen LogP contribution in [-0.2, 0) is 11.2 Å². The van der Waals surface area contributed by atoms with Crippen LogP contribution < -0.4 is 16.0 Å². The zero-order valence-corrected chi connectivity index (χ0v) is 10.7. The molecule has 1 fully saturated rings. The Hall–Kier alpha value is -1.71. The standard InChI is InChI=1S/C14H19N3O/c1-17(8-9-3-2-4-9)13-7-12-10(5-11(13)15)6-14(18)16-12/h5,7,9H,2-4,6,8,15H2,1H3,(H,16,18). The Morgan fingerprint density at radius 1 is 1.44 bits per heavy atom. The highest BCUT2D eigenvalue weighted by molar-refractivity contribution is 6.00. The fraction of sp³-hybridized carbons (Fsp3) is 0.500. The summed E-state index contributed by atoms with van der Waals surface area (Å²) in [5.41, 5.74) is 9.83. The van der Waals surface area contributed by atoms with Gasteiger partial charge in [-0.05, 0) is 36.5 Å². The van der Waals surface area contributed by atoms with Gasteiger partial charge in [-0.25, -0.2) is 0 Å². The number of nitrogens with one attached hydrogen (secondary N) is 1. The summed E-state index contributed by atoms with van der Waals surface area (Å²) in [5, 5.41) is 2.88. The summed E-state index contributed by atoms with van der Waals surface area (Å²) in [4.78, 5) is 13.6. The zero-order chi connectivity index (χ0) is 12.7. The van der Waals surface area contributed by atoms with Gasteiger partial charge in [0.1, 0.15) is 0 Å². The fourth-order valence-electron chi connectivity index (χ4n) is 2.77. The number of carbonyl (C=O) groups excluding carboxylic acids is 1. The monoisotopic (exact) mass is 245 g/mol. The number of fused-ring (bicyclic) bond motifs is 1. The van der Waals surface area contributed by atoms with Gasteiger partial charge in [-0.2, -0.15) is 0 Å². The molecule has 4 nitrogen and oxygen atoms in total. The Labute approximate surface area is 107 Å². The molecule has 4 heteroatoms. The smallest absolute Gasteiger partial charge is 0.228 e. The van der Waals surface area contributed by atoms with Gasteiger partial charge in [0.25, 0.3) is 0 Å². The maximum Gasteiger partial charge on any atom is 0.228 e. The van der Waals surface area contributed by atoms with Crippen LogP contribution in [0.5, 0.6) is 0 Å². The van der Waals surface area contributed by atoms with E-state index >= 15 is 0 Å². The number of hydrogen-bond donors (Lipinski definition) is 2. The van der Waals surface area contributed by atoms with Crippen LogP contribution in [0.2, 0.25) is 0 Å². The van der Waals surface area contributed by atoms with Gasteiger partial charge in [-0.1, -0.05) is 6.42 Å². The van der Waals surface area contributed by atoms with Crippen molar-refractivity contribution >= 4 is 23.0 Å². The number of nitrogens with two attached hydrogens (primary N) is 1. The molecule has 0 spiro atoms. The Kier molecular flexibility index (Phi) is 2.65. The summed E-state index contributed by atoms with van der Waals surface area (Å²) in [6.45, 7) is 1.05. The lowest BCUT2D eigenvalue weighted by atomic mass is 9.85. The minimum atomic E-state index is 0.0585. The molecule has 1 aliphatic heterocycles. The topological polar surface area (TPSA) is 58.4 Å². The van der Waals surface area contributed by atoms with Crippen LogP contribution in [0.25, 0.3) is 0 Å². The van der Waals surface area contributed by atoms with Gasteiger partial charge < -0.3 is 16.0 Å². The summed E-state index contributed by atoms with van der Waals surface area (Å²) in [7, 11) is 2.08. The van der Waals surface area contributed by atoms with Crippen molar-refractivity contribution in [1.82, 2.24) is 0 Å². The third kappa shape index (κ3) is 1.92. The average molecular weight is 245 g/mol. The third-order valence-corrected chi connectivity index (χ3v) is 4.05. The first kappa shape index (κ1) is 11.4. The molecule has 1 aliphatic carbocycles.